The molecule has 0 aliphatic carbocycles. The van der Waals surface area contributed by atoms with Gasteiger partial charge in [0.1, 0.15) is 5.82 Å². The number of halogens is 1. The van der Waals surface area contributed by atoms with Crippen molar-refractivity contribution >= 4 is 22.9 Å². The first-order chi connectivity index (χ1) is 15.5. The average molecular weight is 450 g/mol. The highest BCUT2D eigenvalue weighted by Crippen LogP contribution is 2.32. The number of hydrogen-bond acceptors (Lipinski definition) is 8. The Balaban J connectivity index is 0.000000305. The number of aromatic nitrogens is 1. The van der Waals surface area contributed by atoms with Gasteiger partial charge in [-0.2, -0.15) is 0 Å². The summed E-state index contributed by atoms with van der Waals surface area (Å²) in [7, 11) is 0. The van der Waals surface area contributed by atoms with Gasteiger partial charge in [0, 0.05) is 42.6 Å². The van der Waals surface area contributed by atoms with E-state index < -0.39 is 11.9 Å². The normalized spacial score (nSPS) is 18.4. The van der Waals surface area contributed by atoms with Gasteiger partial charge in [-0.1, -0.05) is 12.1 Å². The molecule has 0 radical (unpaired) electrons. The Morgan fingerprint density at radius 3 is 2.59 bits per heavy atom. The van der Waals surface area contributed by atoms with Gasteiger partial charge >= 0.3 is 11.9 Å². The van der Waals surface area contributed by atoms with Crippen LogP contribution in [0.5, 0.6) is 0 Å². The molecule has 0 atom stereocenters. The molecule has 2 fully saturated rings. The van der Waals surface area contributed by atoms with Crippen LogP contribution in [0.3, 0.4) is 0 Å². The topological polar surface area (TPSA) is 111 Å². The monoisotopic (exact) mass is 450 g/mol. The molecular weight excluding hydrogens is 423 g/mol. The first-order valence-corrected chi connectivity index (χ1v) is 10.6. The fraction of sp³-hybridized carbons (Fsp3) is 0.500. The number of carboxylic acids is 1. The number of aliphatic carboxylic acids is 1. The molecule has 32 heavy (non-hydrogen) atoms. The van der Waals surface area contributed by atoms with Crippen LogP contribution in [0.2, 0.25) is 0 Å². The zero-order chi connectivity index (χ0) is 22.9. The molecule has 1 N–H and O–H groups in total. The van der Waals surface area contributed by atoms with E-state index in [0.717, 1.165) is 49.3 Å². The number of nitrogens with zero attached hydrogens (tertiary/aromatic N) is 2. The Labute approximate surface area is 184 Å². The summed E-state index contributed by atoms with van der Waals surface area (Å²) >= 11 is 0. The van der Waals surface area contributed by atoms with E-state index >= 15 is 0 Å². The van der Waals surface area contributed by atoms with Gasteiger partial charge in [0.05, 0.1) is 18.9 Å². The Bertz CT molecular complexity index is 932. The smallest absolute Gasteiger partial charge is 0.349 e. The predicted molar refractivity (Wildman–Crippen MR) is 111 cm³/mol. The third kappa shape index (κ3) is 6.84. The number of carbonyl (C=O) groups is 2. The second-order valence-corrected chi connectivity index (χ2v) is 7.43. The summed E-state index contributed by atoms with van der Waals surface area (Å²) in [6.45, 7) is 4.80. The van der Waals surface area contributed by atoms with Crippen molar-refractivity contribution in [3.8, 4) is 0 Å². The Morgan fingerprint density at radius 1 is 1.25 bits per heavy atom. The third-order valence-electron chi connectivity index (χ3n) is 5.11. The maximum absolute atomic E-state index is 13.2. The maximum Gasteiger partial charge on any atom is 0.349 e. The van der Waals surface area contributed by atoms with E-state index in [1.165, 1.54) is 17.2 Å². The molecule has 3 heterocycles. The number of benzene rings is 1. The number of fused-ring (bicyclic) bond motifs is 1. The second-order valence-electron chi connectivity index (χ2n) is 7.43. The number of rotatable bonds is 5. The summed E-state index contributed by atoms with van der Waals surface area (Å²) in [6.07, 6.45) is 5.09. The van der Waals surface area contributed by atoms with E-state index in [2.05, 4.69) is 12.1 Å². The van der Waals surface area contributed by atoms with Crippen LogP contribution in [0.25, 0.3) is 11.0 Å². The van der Waals surface area contributed by atoms with Crippen LogP contribution >= 0.6 is 0 Å². The molecule has 1 aromatic heterocycles. The Kier molecular flexibility index (Phi) is 8.72. The van der Waals surface area contributed by atoms with Gasteiger partial charge in [-0.3, -0.25) is 0 Å². The van der Waals surface area contributed by atoms with Crippen LogP contribution in [-0.4, -0.2) is 59.9 Å². The highest BCUT2D eigenvalue weighted by atomic mass is 19.1. The van der Waals surface area contributed by atoms with Crippen molar-refractivity contribution in [3.63, 3.8) is 0 Å². The fourth-order valence-electron chi connectivity index (χ4n) is 3.52. The molecule has 10 heteroatoms. The Morgan fingerprint density at radius 2 is 1.97 bits per heavy atom. The molecule has 9 nitrogen and oxygen atoms in total. The Hall–Kier alpha value is -2.82. The lowest BCUT2D eigenvalue weighted by Gasteiger charge is -2.29. The molecule has 4 rings (SSSR count). The summed E-state index contributed by atoms with van der Waals surface area (Å²) in [4.78, 5) is 26.9. The molecular formula is C22H27FN2O7. The van der Waals surface area contributed by atoms with Crippen LogP contribution in [-0.2, 0) is 23.9 Å². The lowest BCUT2D eigenvalue weighted by Crippen LogP contribution is -2.34. The number of hydroxylamine groups is 2. The van der Waals surface area contributed by atoms with Crippen LogP contribution < -0.4 is 0 Å². The fourth-order valence-corrected chi connectivity index (χ4v) is 3.52. The van der Waals surface area contributed by atoms with E-state index in [-0.39, 0.29) is 18.0 Å². The van der Waals surface area contributed by atoms with E-state index in [4.69, 9.17) is 23.9 Å². The summed E-state index contributed by atoms with van der Waals surface area (Å²) in [5, 5.41) is 14.8. The van der Waals surface area contributed by atoms with Crippen molar-refractivity contribution < 1.29 is 37.9 Å². The van der Waals surface area contributed by atoms with Gasteiger partial charge in [-0.05, 0) is 37.8 Å². The highest BCUT2D eigenvalue weighted by Gasteiger charge is 2.26. The predicted octanol–water partition coefficient (Wildman–Crippen LogP) is 3.40. The van der Waals surface area contributed by atoms with Gasteiger partial charge < -0.3 is 23.9 Å². The molecule has 2 aromatic rings. The van der Waals surface area contributed by atoms with Gasteiger partial charge in [0.25, 0.3) is 0 Å². The van der Waals surface area contributed by atoms with Crippen molar-refractivity contribution in [2.45, 2.75) is 44.8 Å². The summed E-state index contributed by atoms with van der Waals surface area (Å²) in [6, 6.07) is 4.33. The minimum atomic E-state index is -1.21. The van der Waals surface area contributed by atoms with E-state index in [0.29, 0.717) is 31.5 Å². The molecule has 2 saturated heterocycles. The first-order valence-electron chi connectivity index (χ1n) is 10.6. The molecule has 0 spiro atoms. The zero-order valence-corrected chi connectivity index (χ0v) is 17.9. The average Bonchev–Trinajstić information content (AvgIpc) is 3.22. The molecule has 174 valence electrons. The zero-order valence-electron chi connectivity index (χ0n) is 17.9. The quantitative estimate of drug-likeness (QED) is 0.685. The summed E-state index contributed by atoms with van der Waals surface area (Å²) in [5.74, 6) is -2.18. The number of carboxylic acid groups (broad SMARTS) is 1. The second kappa shape index (κ2) is 11.7. The molecule has 1 aromatic carbocycles. The van der Waals surface area contributed by atoms with Crippen LogP contribution in [0.4, 0.5) is 4.39 Å². The third-order valence-corrected chi connectivity index (χ3v) is 5.11. The largest absolute Gasteiger partial charge is 0.478 e. The van der Waals surface area contributed by atoms with Crippen molar-refractivity contribution in [1.29, 1.82) is 0 Å². The van der Waals surface area contributed by atoms with Crippen molar-refractivity contribution in [2.75, 3.05) is 26.3 Å². The first kappa shape index (κ1) is 23.8. The lowest BCUT2D eigenvalue weighted by molar-refractivity contribution is -0.189. The van der Waals surface area contributed by atoms with E-state index in [1.807, 2.05) is 0 Å². The van der Waals surface area contributed by atoms with Crippen molar-refractivity contribution in [2.24, 2.45) is 0 Å². The van der Waals surface area contributed by atoms with Gasteiger partial charge in [0.15, 0.2) is 11.9 Å². The summed E-state index contributed by atoms with van der Waals surface area (Å²) < 4.78 is 28.8. The summed E-state index contributed by atoms with van der Waals surface area (Å²) in [5.41, 5.74) is 1.19. The molecule has 2 aliphatic heterocycles. The highest BCUT2D eigenvalue weighted by molar-refractivity contribution is 5.90. The minimum Gasteiger partial charge on any atom is -0.478 e. The molecule has 0 saturated carbocycles. The van der Waals surface area contributed by atoms with Gasteiger partial charge in [-0.25, -0.2) is 14.0 Å². The van der Waals surface area contributed by atoms with E-state index in [9.17, 15) is 14.0 Å². The number of hydrogen-bond donors (Lipinski definition) is 1. The van der Waals surface area contributed by atoms with Crippen LogP contribution in [0, 0.1) is 5.82 Å². The van der Waals surface area contributed by atoms with Crippen molar-refractivity contribution in [1.82, 2.24) is 10.2 Å². The maximum atomic E-state index is 13.2. The molecule has 2 aliphatic rings. The molecule has 0 amide bonds. The molecule has 0 bridgehead atoms. The van der Waals surface area contributed by atoms with E-state index in [1.54, 1.807) is 6.07 Å². The van der Waals surface area contributed by atoms with Crippen LogP contribution in [0.15, 0.2) is 34.9 Å². The molecule has 0 unspecified atom stereocenters. The SMILES string of the molecule is CCC1OCCCO1.O=C(O)/C=C/C(=O)ON1CCC(c2noc3cc(F)ccc23)CC1. The van der Waals surface area contributed by atoms with Gasteiger partial charge in [-0.15, -0.1) is 5.06 Å². The minimum absolute atomic E-state index is 0.0868. The standard InChI is InChI=1S/C16H15FN2O5.C6H12O2/c17-11-1-2-12-13(9-11)23-18-16(12)10-5-7-19(8-6-10)24-15(22)4-3-14(20)21;1-2-6-7-4-3-5-8-6/h1-4,9-10H,5-8H2,(H,20,21);6H,2-5H2,1H3/b4-3+;. The number of ether oxygens (including phenoxy) is 2. The number of carbonyl (C=O) groups excluding carboxylic acids is 1. The van der Waals surface area contributed by atoms with Crippen molar-refractivity contribution in [3.05, 3.63) is 41.9 Å². The van der Waals surface area contributed by atoms with Gasteiger partial charge in [0.2, 0.25) is 0 Å². The number of piperidine rings is 1. The van der Waals surface area contributed by atoms with Crippen LogP contribution in [0.1, 0.15) is 44.2 Å². The lowest BCUT2D eigenvalue weighted by atomic mass is 9.92.